The Hall–Kier alpha value is -1.48. The van der Waals surface area contributed by atoms with Gasteiger partial charge in [-0.05, 0) is 25.8 Å². The SMILES string of the molecule is CC(C)c1sc2c3ccccc3n(C(C)C)c2c1N. The minimum absolute atomic E-state index is 0.416. The second-order valence-electron chi connectivity index (χ2n) is 5.69. The average Bonchev–Trinajstić information content (AvgIpc) is 2.85. The molecule has 2 nitrogen and oxygen atoms in total. The van der Waals surface area contributed by atoms with Crippen LogP contribution in [0.15, 0.2) is 24.3 Å². The van der Waals surface area contributed by atoms with E-state index in [1.54, 1.807) is 0 Å². The molecule has 19 heavy (non-hydrogen) atoms. The van der Waals surface area contributed by atoms with Crippen molar-refractivity contribution in [3.8, 4) is 0 Å². The summed E-state index contributed by atoms with van der Waals surface area (Å²) in [4.78, 5) is 1.31. The number of benzene rings is 1. The molecular weight excluding hydrogens is 252 g/mol. The van der Waals surface area contributed by atoms with Crippen LogP contribution in [0.25, 0.3) is 21.1 Å². The van der Waals surface area contributed by atoms with Gasteiger partial charge < -0.3 is 10.3 Å². The van der Waals surface area contributed by atoms with Crippen LogP contribution < -0.4 is 5.73 Å². The Morgan fingerprint density at radius 3 is 2.42 bits per heavy atom. The second kappa shape index (κ2) is 4.27. The first kappa shape index (κ1) is 12.5. The van der Waals surface area contributed by atoms with Crippen LogP contribution in [-0.2, 0) is 0 Å². The number of rotatable bonds is 2. The second-order valence-corrected chi connectivity index (χ2v) is 6.75. The Kier molecular flexibility index (Phi) is 2.82. The van der Waals surface area contributed by atoms with Crippen LogP contribution in [0, 0.1) is 0 Å². The zero-order valence-electron chi connectivity index (χ0n) is 11.9. The lowest BCUT2D eigenvalue weighted by Crippen LogP contribution is -2.02. The summed E-state index contributed by atoms with van der Waals surface area (Å²) in [5.41, 5.74) is 9.92. The summed E-state index contributed by atoms with van der Waals surface area (Å²) in [7, 11) is 0. The first-order valence-corrected chi connectivity index (χ1v) is 7.64. The first-order chi connectivity index (χ1) is 9.02. The van der Waals surface area contributed by atoms with Gasteiger partial charge in [0.05, 0.1) is 21.4 Å². The smallest absolute Gasteiger partial charge is 0.0840 e. The molecule has 2 aromatic heterocycles. The van der Waals surface area contributed by atoms with E-state index in [1.165, 1.54) is 26.0 Å². The highest BCUT2D eigenvalue weighted by molar-refractivity contribution is 7.20. The van der Waals surface area contributed by atoms with Gasteiger partial charge in [0.25, 0.3) is 0 Å². The first-order valence-electron chi connectivity index (χ1n) is 6.83. The minimum Gasteiger partial charge on any atom is -0.396 e. The van der Waals surface area contributed by atoms with Crippen LogP contribution >= 0.6 is 11.3 Å². The Morgan fingerprint density at radius 2 is 1.79 bits per heavy atom. The predicted octanol–water partition coefficient (Wildman–Crippen LogP) is 5.14. The summed E-state index contributed by atoms with van der Waals surface area (Å²) in [6.45, 7) is 8.86. The molecule has 0 bridgehead atoms. The van der Waals surface area contributed by atoms with E-state index >= 15 is 0 Å². The zero-order valence-corrected chi connectivity index (χ0v) is 12.7. The van der Waals surface area contributed by atoms with E-state index in [9.17, 15) is 0 Å². The highest BCUT2D eigenvalue weighted by Crippen LogP contribution is 2.44. The molecule has 0 radical (unpaired) electrons. The van der Waals surface area contributed by atoms with Gasteiger partial charge in [-0.3, -0.25) is 0 Å². The van der Waals surface area contributed by atoms with Crippen LogP contribution in [0.2, 0.25) is 0 Å². The molecule has 0 amide bonds. The lowest BCUT2D eigenvalue weighted by atomic mass is 10.1. The number of hydrogen-bond acceptors (Lipinski definition) is 2. The monoisotopic (exact) mass is 272 g/mol. The number of hydrogen-bond donors (Lipinski definition) is 1. The number of nitrogens with zero attached hydrogens (tertiary/aromatic N) is 1. The number of nitrogen functional groups attached to an aromatic ring is 1. The molecule has 3 heteroatoms. The van der Waals surface area contributed by atoms with Crippen molar-refractivity contribution in [2.24, 2.45) is 0 Å². The fraction of sp³-hybridized carbons (Fsp3) is 0.375. The van der Waals surface area contributed by atoms with Crippen molar-refractivity contribution in [1.29, 1.82) is 0 Å². The number of aromatic nitrogens is 1. The van der Waals surface area contributed by atoms with E-state index < -0.39 is 0 Å². The molecule has 2 heterocycles. The van der Waals surface area contributed by atoms with Gasteiger partial charge in [-0.25, -0.2) is 0 Å². The van der Waals surface area contributed by atoms with Crippen molar-refractivity contribution >= 4 is 38.1 Å². The molecule has 0 aliphatic heterocycles. The largest absolute Gasteiger partial charge is 0.396 e. The Balaban J connectivity index is 2.51. The molecule has 0 saturated carbocycles. The van der Waals surface area contributed by atoms with Crippen molar-refractivity contribution in [2.75, 3.05) is 5.73 Å². The normalized spacial score (nSPS) is 12.3. The van der Waals surface area contributed by atoms with E-state index in [0.29, 0.717) is 12.0 Å². The van der Waals surface area contributed by atoms with Crippen LogP contribution in [0.4, 0.5) is 5.69 Å². The molecule has 2 N–H and O–H groups in total. The topological polar surface area (TPSA) is 30.9 Å². The van der Waals surface area contributed by atoms with E-state index in [4.69, 9.17) is 5.73 Å². The van der Waals surface area contributed by atoms with E-state index in [0.717, 1.165) is 5.69 Å². The van der Waals surface area contributed by atoms with Gasteiger partial charge in [-0.15, -0.1) is 11.3 Å². The third-order valence-electron chi connectivity index (χ3n) is 3.64. The van der Waals surface area contributed by atoms with E-state index in [-0.39, 0.29) is 0 Å². The summed E-state index contributed by atoms with van der Waals surface area (Å²) in [6.07, 6.45) is 0. The Bertz CT molecular complexity index is 747. The number of anilines is 1. The summed E-state index contributed by atoms with van der Waals surface area (Å²) in [6, 6.07) is 9.02. The quantitative estimate of drug-likeness (QED) is 0.687. The van der Waals surface area contributed by atoms with Crippen LogP contribution in [0.5, 0.6) is 0 Å². The molecule has 3 rings (SSSR count). The van der Waals surface area contributed by atoms with Gasteiger partial charge in [-0.1, -0.05) is 32.0 Å². The van der Waals surface area contributed by atoms with E-state index in [2.05, 4.69) is 56.5 Å². The third kappa shape index (κ3) is 1.68. The standard InChI is InChI=1S/C16H20N2S/c1-9(2)15-13(17)14-16(19-15)11-7-5-6-8-12(11)18(14)10(3)4/h5-10H,17H2,1-4H3. The number of nitrogens with two attached hydrogens (primary N) is 1. The Labute approximate surface area is 117 Å². The zero-order chi connectivity index (χ0) is 13.7. The number of fused-ring (bicyclic) bond motifs is 3. The molecule has 0 aliphatic rings. The molecule has 0 aliphatic carbocycles. The molecular formula is C16H20N2S. The Morgan fingerprint density at radius 1 is 1.11 bits per heavy atom. The maximum Gasteiger partial charge on any atom is 0.0840 e. The fourth-order valence-electron chi connectivity index (χ4n) is 2.84. The highest BCUT2D eigenvalue weighted by atomic mass is 32.1. The molecule has 0 saturated heterocycles. The highest BCUT2D eigenvalue weighted by Gasteiger charge is 2.21. The van der Waals surface area contributed by atoms with Crippen LogP contribution in [0.3, 0.4) is 0 Å². The van der Waals surface area contributed by atoms with Crippen LogP contribution in [-0.4, -0.2) is 4.57 Å². The molecule has 3 aromatic rings. The molecule has 1 aromatic carbocycles. The van der Waals surface area contributed by atoms with E-state index in [1.807, 2.05) is 11.3 Å². The predicted molar refractivity (Wildman–Crippen MR) is 86.2 cm³/mol. The summed E-state index contributed by atoms with van der Waals surface area (Å²) in [5.74, 6) is 0.483. The number of para-hydroxylation sites is 1. The van der Waals surface area contributed by atoms with Gasteiger partial charge in [0.2, 0.25) is 0 Å². The van der Waals surface area contributed by atoms with Gasteiger partial charge in [0.1, 0.15) is 0 Å². The average molecular weight is 272 g/mol. The minimum atomic E-state index is 0.416. The number of thiophene rings is 1. The van der Waals surface area contributed by atoms with Crippen molar-refractivity contribution in [1.82, 2.24) is 4.57 Å². The van der Waals surface area contributed by atoms with Crippen molar-refractivity contribution in [2.45, 2.75) is 39.7 Å². The molecule has 0 unspecified atom stereocenters. The van der Waals surface area contributed by atoms with Gasteiger partial charge >= 0.3 is 0 Å². The van der Waals surface area contributed by atoms with Gasteiger partial charge in [0.15, 0.2) is 0 Å². The summed E-state index contributed by atoms with van der Waals surface area (Å²) >= 11 is 1.85. The van der Waals surface area contributed by atoms with Crippen LogP contribution in [0.1, 0.15) is 44.5 Å². The van der Waals surface area contributed by atoms with Crippen molar-refractivity contribution in [3.05, 3.63) is 29.1 Å². The molecule has 0 spiro atoms. The maximum atomic E-state index is 6.43. The maximum absolute atomic E-state index is 6.43. The third-order valence-corrected chi connectivity index (χ3v) is 5.17. The van der Waals surface area contributed by atoms with Gasteiger partial charge in [-0.2, -0.15) is 0 Å². The van der Waals surface area contributed by atoms with Crippen molar-refractivity contribution < 1.29 is 0 Å². The fourth-order valence-corrected chi connectivity index (χ4v) is 4.09. The van der Waals surface area contributed by atoms with Gasteiger partial charge in [0, 0.05) is 16.3 Å². The lowest BCUT2D eigenvalue weighted by molar-refractivity contribution is 0.643. The summed E-state index contributed by atoms with van der Waals surface area (Å²) in [5, 5.41) is 1.33. The summed E-state index contributed by atoms with van der Waals surface area (Å²) < 4.78 is 3.72. The molecule has 100 valence electrons. The molecule has 0 fully saturated rings. The molecule has 0 atom stereocenters. The van der Waals surface area contributed by atoms with Crippen molar-refractivity contribution in [3.63, 3.8) is 0 Å². The lowest BCUT2D eigenvalue weighted by Gasteiger charge is -2.12.